The zero-order valence-electron chi connectivity index (χ0n) is 17.7. The first-order chi connectivity index (χ1) is 15.8. The fourth-order valence-electron chi connectivity index (χ4n) is 3.98. The minimum atomic E-state index is -0.676. The maximum atomic E-state index is 13.2. The summed E-state index contributed by atoms with van der Waals surface area (Å²) in [5.41, 5.74) is 2.48. The highest BCUT2D eigenvalue weighted by atomic mass is 35.5. The number of likely N-dealkylation sites (N-methyl/N-ethyl adjacent to an activating group) is 1. The lowest BCUT2D eigenvalue weighted by atomic mass is 9.96. The lowest BCUT2D eigenvalue weighted by Gasteiger charge is -2.31. The number of nitrogens with zero attached hydrogens (tertiary/aromatic N) is 2. The molecule has 7 nitrogen and oxygen atoms in total. The van der Waals surface area contributed by atoms with Crippen molar-refractivity contribution >= 4 is 52.6 Å². The maximum Gasteiger partial charge on any atom is 0.322 e. The second kappa shape index (κ2) is 9.63. The van der Waals surface area contributed by atoms with Crippen molar-refractivity contribution in [2.45, 2.75) is 12.5 Å². The molecule has 0 aliphatic carbocycles. The van der Waals surface area contributed by atoms with Crippen molar-refractivity contribution < 1.29 is 14.4 Å². The predicted molar refractivity (Wildman–Crippen MR) is 127 cm³/mol. The summed E-state index contributed by atoms with van der Waals surface area (Å²) in [5.74, 6) is -0.609. The number of carbonyl (C=O) groups excluding carboxylic acids is 3. The van der Waals surface area contributed by atoms with E-state index in [0.717, 1.165) is 5.56 Å². The molecule has 0 bridgehead atoms. The maximum absolute atomic E-state index is 13.2. The molecule has 0 saturated heterocycles. The van der Waals surface area contributed by atoms with Crippen LogP contribution in [0.4, 0.5) is 4.79 Å². The molecule has 2 aliphatic rings. The van der Waals surface area contributed by atoms with Crippen molar-refractivity contribution in [2.75, 3.05) is 26.7 Å². The highest BCUT2D eigenvalue weighted by Gasteiger charge is 2.43. The molecule has 2 aromatic carbocycles. The first-order valence-electron chi connectivity index (χ1n) is 10.3. The van der Waals surface area contributed by atoms with Gasteiger partial charge in [-0.15, -0.1) is 0 Å². The number of benzene rings is 2. The van der Waals surface area contributed by atoms with Crippen molar-refractivity contribution in [3.05, 3.63) is 79.9 Å². The van der Waals surface area contributed by atoms with Gasteiger partial charge in [-0.1, -0.05) is 59.1 Å². The number of amides is 4. The van der Waals surface area contributed by atoms with Crippen molar-refractivity contribution in [2.24, 2.45) is 0 Å². The van der Waals surface area contributed by atoms with Crippen LogP contribution in [0.15, 0.2) is 53.7 Å². The Balaban J connectivity index is 1.43. The van der Waals surface area contributed by atoms with E-state index in [2.05, 4.69) is 10.6 Å². The molecule has 2 aromatic rings. The largest absolute Gasteiger partial charge is 0.354 e. The van der Waals surface area contributed by atoms with E-state index >= 15 is 0 Å². The fraction of sp³-hybridized carbons (Fsp3) is 0.261. The highest BCUT2D eigenvalue weighted by Crippen LogP contribution is 2.37. The Bertz CT molecular complexity index is 1170. The van der Waals surface area contributed by atoms with Crippen molar-refractivity contribution in [1.29, 1.82) is 0 Å². The van der Waals surface area contributed by atoms with Crippen LogP contribution >= 0.6 is 34.8 Å². The van der Waals surface area contributed by atoms with Gasteiger partial charge in [0.2, 0.25) is 5.91 Å². The van der Waals surface area contributed by atoms with Gasteiger partial charge in [0.05, 0.1) is 23.9 Å². The van der Waals surface area contributed by atoms with E-state index in [1.54, 1.807) is 43.4 Å². The standard InChI is InChI=1S/C23H21Cl3N4O3/c1-29-18-11-30(12-19(31)27-9-8-13-6-7-14(24)10-17(13)26)22(32)20(18)21(28-23(29)33)15-4-2-3-5-16(15)25/h2-7,10,21H,8-9,11-12H2,1H3,(H,27,31)(H,28,33). The van der Waals surface area contributed by atoms with Crippen molar-refractivity contribution in [3.8, 4) is 0 Å². The van der Waals surface area contributed by atoms with Crippen LogP contribution in [0.1, 0.15) is 17.2 Å². The van der Waals surface area contributed by atoms with Crippen LogP contribution < -0.4 is 10.6 Å². The van der Waals surface area contributed by atoms with Crippen LogP contribution in [0.2, 0.25) is 15.1 Å². The third kappa shape index (κ3) is 4.81. The van der Waals surface area contributed by atoms with Gasteiger partial charge in [-0.25, -0.2) is 4.79 Å². The molecule has 2 aliphatic heterocycles. The average molecular weight is 508 g/mol. The Labute approximate surface area is 206 Å². The summed E-state index contributed by atoms with van der Waals surface area (Å²) < 4.78 is 0. The van der Waals surface area contributed by atoms with Gasteiger partial charge < -0.3 is 15.5 Å². The predicted octanol–water partition coefficient (Wildman–Crippen LogP) is 3.80. The van der Waals surface area contributed by atoms with Crippen molar-refractivity contribution in [3.63, 3.8) is 0 Å². The molecule has 0 aromatic heterocycles. The summed E-state index contributed by atoms with van der Waals surface area (Å²) in [6, 6.07) is 11.3. The quantitative estimate of drug-likeness (QED) is 0.624. The summed E-state index contributed by atoms with van der Waals surface area (Å²) in [7, 11) is 1.60. The summed E-state index contributed by atoms with van der Waals surface area (Å²) >= 11 is 18.4. The summed E-state index contributed by atoms with van der Waals surface area (Å²) in [4.78, 5) is 41.1. The minimum Gasteiger partial charge on any atom is -0.354 e. The molecule has 4 amide bonds. The molecule has 172 valence electrons. The zero-order chi connectivity index (χ0) is 23.7. The second-order valence-electron chi connectivity index (χ2n) is 7.82. The molecule has 0 saturated carbocycles. The number of urea groups is 1. The number of halogens is 3. The van der Waals surface area contributed by atoms with Crippen LogP contribution in [0, 0.1) is 0 Å². The minimum absolute atomic E-state index is 0.128. The van der Waals surface area contributed by atoms with Crippen LogP contribution in [-0.4, -0.2) is 54.3 Å². The Morgan fingerprint density at radius 2 is 1.88 bits per heavy atom. The molecule has 0 spiro atoms. The number of nitrogens with one attached hydrogen (secondary N) is 2. The van der Waals surface area contributed by atoms with E-state index < -0.39 is 6.04 Å². The van der Waals surface area contributed by atoms with Crippen LogP contribution in [0.5, 0.6) is 0 Å². The highest BCUT2D eigenvalue weighted by molar-refractivity contribution is 6.35. The fourth-order valence-corrected chi connectivity index (χ4v) is 4.73. The number of hydrogen-bond acceptors (Lipinski definition) is 3. The van der Waals surface area contributed by atoms with Gasteiger partial charge in [-0.05, 0) is 35.7 Å². The number of rotatable bonds is 6. The summed E-state index contributed by atoms with van der Waals surface area (Å²) in [5, 5.41) is 7.18. The van der Waals surface area contributed by atoms with Gasteiger partial charge >= 0.3 is 6.03 Å². The molecule has 1 unspecified atom stereocenters. The van der Waals surface area contributed by atoms with Gasteiger partial charge in [0, 0.05) is 28.7 Å². The molecule has 33 heavy (non-hydrogen) atoms. The van der Waals surface area contributed by atoms with Gasteiger partial charge in [0.1, 0.15) is 6.54 Å². The van der Waals surface area contributed by atoms with E-state index in [1.165, 1.54) is 9.80 Å². The van der Waals surface area contributed by atoms with Crippen molar-refractivity contribution in [1.82, 2.24) is 20.4 Å². The van der Waals surface area contributed by atoms with Gasteiger partial charge in [-0.2, -0.15) is 0 Å². The molecule has 10 heteroatoms. The molecule has 2 heterocycles. The molecule has 0 radical (unpaired) electrons. The van der Waals surface area contributed by atoms with Gasteiger partial charge in [-0.3, -0.25) is 14.5 Å². The molecule has 2 N–H and O–H groups in total. The Morgan fingerprint density at radius 1 is 1.12 bits per heavy atom. The Kier molecular flexibility index (Phi) is 6.83. The smallest absolute Gasteiger partial charge is 0.322 e. The second-order valence-corrected chi connectivity index (χ2v) is 9.07. The Morgan fingerprint density at radius 3 is 2.61 bits per heavy atom. The van der Waals surface area contributed by atoms with Crippen LogP contribution in [0.3, 0.4) is 0 Å². The van der Waals surface area contributed by atoms with E-state index in [9.17, 15) is 14.4 Å². The third-order valence-corrected chi connectivity index (χ3v) is 6.65. The van der Waals surface area contributed by atoms with E-state index in [4.69, 9.17) is 34.8 Å². The van der Waals surface area contributed by atoms with Crippen LogP contribution in [0.25, 0.3) is 0 Å². The Hall–Kier alpha value is -2.74. The summed E-state index contributed by atoms with van der Waals surface area (Å²) in [6.07, 6.45) is 0.528. The number of hydrogen-bond donors (Lipinski definition) is 2. The van der Waals surface area contributed by atoms with Crippen LogP contribution in [-0.2, 0) is 16.0 Å². The molecule has 4 rings (SSSR count). The van der Waals surface area contributed by atoms with Gasteiger partial charge in [0.25, 0.3) is 5.91 Å². The zero-order valence-corrected chi connectivity index (χ0v) is 20.0. The SMILES string of the molecule is CN1C(=O)NC(c2ccccc2Cl)C2=C1CN(CC(=O)NCCc1ccc(Cl)cc1Cl)C2=O. The van der Waals surface area contributed by atoms with E-state index in [0.29, 0.717) is 44.9 Å². The lowest BCUT2D eigenvalue weighted by Crippen LogP contribution is -2.45. The lowest BCUT2D eigenvalue weighted by molar-refractivity contribution is -0.131. The molecule has 0 fully saturated rings. The monoisotopic (exact) mass is 506 g/mol. The van der Waals surface area contributed by atoms with E-state index in [1.807, 2.05) is 6.07 Å². The average Bonchev–Trinajstić information content (AvgIpc) is 3.09. The third-order valence-electron chi connectivity index (χ3n) is 5.72. The number of carbonyl (C=O) groups is 3. The molecular formula is C23H21Cl3N4O3. The molecule has 1 atom stereocenters. The first kappa shape index (κ1) is 23.4. The first-order valence-corrected chi connectivity index (χ1v) is 11.4. The molecular weight excluding hydrogens is 487 g/mol. The van der Waals surface area contributed by atoms with Gasteiger partial charge in [0.15, 0.2) is 0 Å². The normalized spacial score (nSPS) is 17.9. The van der Waals surface area contributed by atoms with E-state index in [-0.39, 0.29) is 30.9 Å². The topological polar surface area (TPSA) is 81.8 Å². The summed E-state index contributed by atoms with van der Waals surface area (Å²) in [6.45, 7) is 0.393.